The molecule has 2 heterocycles. The summed E-state index contributed by atoms with van der Waals surface area (Å²) in [5, 5.41) is 4.15. The highest BCUT2D eigenvalue weighted by atomic mass is 35.5. The SMILES string of the molecule is O=C(OCc1nnsc1Cl)c1cc(Cl)c[nH]1. The first-order chi connectivity index (χ1) is 7.66. The van der Waals surface area contributed by atoms with E-state index in [1.165, 1.54) is 12.3 Å². The molecule has 84 valence electrons. The maximum Gasteiger partial charge on any atom is 0.355 e. The summed E-state index contributed by atoms with van der Waals surface area (Å²) in [5.41, 5.74) is 0.724. The summed E-state index contributed by atoms with van der Waals surface area (Å²) in [6.45, 7) is -0.00912. The van der Waals surface area contributed by atoms with Crippen molar-refractivity contribution >= 4 is 40.7 Å². The molecule has 0 aromatic carbocycles. The van der Waals surface area contributed by atoms with Crippen LogP contribution >= 0.6 is 34.7 Å². The Bertz CT molecular complexity index is 511. The molecular weight excluding hydrogens is 273 g/mol. The summed E-state index contributed by atoms with van der Waals surface area (Å²) in [6, 6.07) is 1.48. The van der Waals surface area contributed by atoms with Crippen molar-refractivity contribution < 1.29 is 9.53 Å². The van der Waals surface area contributed by atoms with Gasteiger partial charge >= 0.3 is 5.97 Å². The lowest BCUT2D eigenvalue weighted by atomic mass is 10.4. The molecule has 0 aliphatic rings. The van der Waals surface area contributed by atoms with Gasteiger partial charge in [0.15, 0.2) is 0 Å². The molecule has 8 heteroatoms. The number of aromatic amines is 1. The van der Waals surface area contributed by atoms with Gasteiger partial charge in [0.25, 0.3) is 0 Å². The second kappa shape index (κ2) is 4.82. The minimum absolute atomic E-state index is 0.00912. The van der Waals surface area contributed by atoms with Crippen molar-refractivity contribution in [1.82, 2.24) is 14.6 Å². The smallest absolute Gasteiger partial charge is 0.355 e. The standard InChI is InChI=1S/C8H5Cl2N3O2S/c9-4-1-5(11-2-4)8(14)15-3-6-7(10)16-13-12-6/h1-2,11H,3H2. The van der Waals surface area contributed by atoms with E-state index in [2.05, 4.69) is 14.6 Å². The lowest BCUT2D eigenvalue weighted by Gasteiger charge is -2.00. The molecule has 0 bridgehead atoms. The molecule has 0 saturated heterocycles. The largest absolute Gasteiger partial charge is 0.454 e. The highest BCUT2D eigenvalue weighted by Gasteiger charge is 2.12. The average Bonchev–Trinajstić information content (AvgIpc) is 2.84. The quantitative estimate of drug-likeness (QED) is 0.876. The molecule has 2 aromatic heterocycles. The van der Waals surface area contributed by atoms with Gasteiger partial charge in [0.05, 0.1) is 5.02 Å². The van der Waals surface area contributed by atoms with E-state index in [1.807, 2.05) is 0 Å². The Balaban J connectivity index is 1.96. The number of esters is 1. The van der Waals surface area contributed by atoms with Gasteiger partial charge in [-0.05, 0) is 6.07 Å². The van der Waals surface area contributed by atoms with Gasteiger partial charge in [0, 0.05) is 17.7 Å². The number of nitrogens with one attached hydrogen (secondary N) is 1. The molecule has 0 saturated carbocycles. The van der Waals surface area contributed by atoms with E-state index in [9.17, 15) is 4.79 Å². The van der Waals surface area contributed by atoms with Crippen LogP contribution in [0.25, 0.3) is 0 Å². The Kier molecular flexibility index (Phi) is 3.42. The highest BCUT2D eigenvalue weighted by molar-refractivity contribution is 7.10. The topological polar surface area (TPSA) is 67.9 Å². The zero-order valence-electron chi connectivity index (χ0n) is 7.74. The summed E-state index contributed by atoms with van der Waals surface area (Å²) in [7, 11) is 0. The molecule has 5 nitrogen and oxygen atoms in total. The summed E-state index contributed by atoms with van der Waals surface area (Å²) in [5.74, 6) is -0.518. The summed E-state index contributed by atoms with van der Waals surface area (Å²) in [6.07, 6.45) is 1.50. The van der Waals surface area contributed by atoms with Gasteiger partial charge in [-0.2, -0.15) is 0 Å². The molecule has 16 heavy (non-hydrogen) atoms. The van der Waals surface area contributed by atoms with Crippen LogP contribution in [0.1, 0.15) is 16.2 Å². The fraction of sp³-hybridized carbons (Fsp3) is 0.125. The molecule has 0 amide bonds. The second-order valence-corrected chi connectivity index (χ2v) is 4.59. The summed E-state index contributed by atoms with van der Waals surface area (Å²) in [4.78, 5) is 14.1. The van der Waals surface area contributed by atoms with Gasteiger partial charge in [0.1, 0.15) is 22.3 Å². The van der Waals surface area contributed by atoms with Crippen molar-refractivity contribution in [1.29, 1.82) is 0 Å². The van der Waals surface area contributed by atoms with Crippen LogP contribution in [-0.4, -0.2) is 20.5 Å². The van der Waals surface area contributed by atoms with Crippen molar-refractivity contribution in [2.45, 2.75) is 6.61 Å². The number of H-pyrrole nitrogens is 1. The Labute approximate surface area is 104 Å². The van der Waals surface area contributed by atoms with Gasteiger partial charge < -0.3 is 9.72 Å². The number of carbonyl (C=O) groups excluding carboxylic acids is 1. The molecule has 0 radical (unpaired) electrons. The molecule has 0 aliphatic heterocycles. The molecule has 0 unspecified atom stereocenters. The third-order valence-electron chi connectivity index (χ3n) is 1.72. The van der Waals surface area contributed by atoms with Gasteiger partial charge in [-0.25, -0.2) is 4.79 Å². The van der Waals surface area contributed by atoms with Crippen LogP contribution in [0.5, 0.6) is 0 Å². The van der Waals surface area contributed by atoms with Crippen molar-refractivity contribution in [2.75, 3.05) is 0 Å². The van der Waals surface area contributed by atoms with E-state index in [4.69, 9.17) is 27.9 Å². The van der Waals surface area contributed by atoms with E-state index in [-0.39, 0.29) is 12.3 Å². The first-order valence-corrected chi connectivity index (χ1v) is 5.67. The molecule has 0 fully saturated rings. The van der Waals surface area contributed by atoms with Crippen LogP contribution in [0.3, 0.4) is 0 Å². The predicted octanol–water partition coefficient (Wildman–Crippen LogP) is 2.53. The number of hydrogen-bond acceptors (Lipinski definition) is 5. The maximum absolute atomic E-state index is 11.5. The Morgan fingerprint density at radius 2 is 2.38 bits per heavy atom. The van der Waals surface area contributed by atoms with Crippen molar-refractivity contribution in [2.24, 2.45) is 0 Å². The van der Waals surface area contributed by atoms with Crippen LogP contribution in [0.4, 0.5) is 0 Å². The summed E-state index contributed by atoms with van der Waals surface area (Å²) >= 11 is 12.4. The number of aromatic nitrogens is 3. The Morgan fingerprint density at radius 3 is 2.94 bits per heavy atom. The minimum Gasteiger partial charge on any atom is -0.454 e. The molecule has 2 aromatic rings. The monoisotopic (exact) mass is 277 g/mol. The number of halogens is 2. The van der Waals surface area contributed by atoms with E-state index in [0.717, 1.165) is 11.5 Å². The van der Waals surface area contributed by atoms with Gasteiger partial charge in [-0.15, -0.1) is 5.10 Å². The van der Waals surface area contributed by atoms with E-state index >= 15 is 0 Å². The molecule has 0 aliphatic carbocycles. The zero-order chi connectivity index (χ0) is 11.5. The van der Waals surface area contributed by atoms with E-state index < -0.39 is 5.97 Å². The fourth-order valence-corrected chi connectivity index (χ4v) is 1.75. The third kappa shape index (κ3) is 2.52. The van der Waals surface area contributed by atoms with Gasteiger partial charge in [0.2, 0.25) is 0 Å². The number of nitrogens with zero attached hydrogens (tertiary/aromatic N) is 2. The fourth-order valence-electron chi connectivity index (χ4n) is 0.981. The number of rotatable bonds is 3. The van der Waals surface area contributed by atoms with Crippen molar-refractivity contribution in [3.63, 3.8) is 0 Å². The number of hydrogen-bond donors (Lipinski definition) is 1. The average molecular weight is 278 g/mol. The van der Waals surface area contributed by atoms with Crippen LogP contribution in [-0.2, 0) is 11.3 Å². The number of carbonyl (C=O) groups is 1. The van der Waals surface area contributed by atoms with Crippen molar-refractivity contribution in [3.05, 3.63) is 33.0 Å². The maximum atomic E-state index is 11.5. The Hall–Kier alpha value is -1.11. The minimum atomic E-state index is -0.518. The predicted molar refractivity (Wildman–Crippen MR) is 59.8 cm³/mol. The van der Waals surface area contributed by atoms with Crippen LogP contribution in [0.15, 0.2) is 12.3 Å². The van der Waals surface area contributed by atoms with Crippen molar-refractivity contribution in [3.8, 4) is 0 Å². The van der Waals surface area contributed by atoms with E-state index in [0.29, 0.717) is 15.1 Å². The zero-order valence-corrected chi connectivity index (χ0v) is 10.1. The van der Waals surface area contributed by atoms with Crippen LogP contribution in [0, 0.1) is 0 Å². The normalized spacial score (nSPS) is 10.4. The van der Waals surface area contributed by atoms with Crippen LogP contribution < -0.4 is 0 Å². The van der Waals surface area contributed by atoms with Crippen LogP contribution in [0.2, 0.25) is 9.36 Å². The molecule has 0 atom stereocenters. The molecule has 2 rings (SSSR count). The highest BCUT2D eigenvalue weighted by Crippen LogP contribution is 2.18. The second-order valence-electron chi connectivity index (χ2n) is 2.80. The number of ether oxygens (including phenoxy) is 1. The van der Waals surface area contributed by atoms with Gasteiger partial charge in [-0.1, -0.05) is 27.7 Å². The third-order valence-corrected chi connectivity index (χ3v) is 2.92. The first kappa shape index (κ1) is 11.4. The summed E-state index contributed by atoms with van der Waals surface area (Å²) < 4.78 is 8.99. The van der Waals surface area contributed by atoms with Gasteiger partial charge in [-0.3, -0.25) is 0 Å². The lowest BCUT2D eigenvalue weighted by molar-refractivity contribution is 0.0462. The first-order valence-electron chi connectivity index (χ1n) is 4.14. The lowest BCUT2D eigenvalue weighted by Crippen LogP contribution is -2.05. The molecule has 1 N–H and O–H groups in total. The van der Waals surface area contributed by atoms with E-state index in [1.54, 1.807) is 0 Å². The Morgan fingerprint density at radius 1 is 1.56 bits per heavy atom. The molecular formula is C8H5Cl2N3O2S. The molecule has 0 spiro atoms.